The molecule has 0 saturated carbocycles. The number of hydrogen-bond acceptors (Lipinski definition) is 4. The van der Waals surface area contributed by atoms with Crippen LogP contribution in [0.3, 0.4) is 0 Å². The van der Waals surface area contributed by atoms with Gasteiger partial charge in [-0.3, -0.25) is 9.59 Å². The van der Waals surface area contributed by atoms with Gasteiger partial charge in [-0.15, -0.1) is 0 Å². The van der Waals surface area contributed by atoms with Crippen LogP contribution in [0.2, 0.25) is 0 Å². The Hall–Kier alpha value is -1.97. The van der Waals surface area contributed by atoms with E-state index in [4.69, 9.17) is 5.14 Å². The molecule has 1 heterocycles. The number of carbonyl (C=O) groups is 1. The van der Waals surface area contributed by atoms with E-state index < -0.39 is 21.5 Å². The molecule has 1 aromatic heterocycles. The summed E-state index contributed by atoms with van der Waals surface area (Å²) in [4.78, 5) is 25.4. The van der Waals surface area contributed by atoms with Gasteiger partial charge in [0.15, 0.2) is 0 Å². The largest absolute Gasteiger partial charge is 0.320 e. The van der Waals surface area contributed by atoms with Crippen molar-refractivity contribution in [3.05, 3.63) is 56.9 Å². The lowest BCUT2D eigenvalue weighted by Crippen LogP contribution is -2.18. The minimum Gasteiger partial charge on any atom is -0.320 e. The molecule has 0 unspecified atom stereocenters. The van der Waals surface area contributed by atoms with Crippen LogP contribution >= 0.6 is 15.9 Å². The van der Waals surface area contributed by atoms with Gasteiger partial charge < -0.3 is 10.3 Å². The van der Waals surface area contributed by atoms with Crippen LogP contribution in [0.15, 0.2) is 50.6 Å². The number of aromatic amines is 1. The second-order valence-corrected chi connectivity index (χ2v) is 6.49. The number of H-pyrrole nitrogens is 1. The average molecular weight is 372 g/mol. The molecule has 0 aliphatic carbocycles. The lowest BCUT2D eigenvalue weighted by molar-refractivity contribution is 0.102. The maximum Gasteiger partial charge on any atom is 0.272 e. The highest BCUT2D eigenvalue weighted by molar-refractivity contribution is 9.10. The first-order valence-electron chi connectivity index (χ1n) is 5.60. The molecule has 0 spiro atoms. The topological polar surface area (TPSA) is 122 Å². The molecule has 1 aromatic carbocycles. The van der Waals surface area contributed by atoms with Gasteiger partial charge >= 0.3 is 0 Å². The molecule has 0 fully saturated rings. The van der Waals surface area contributed by atoms with Crippen LogP contribution in [0.5, 0.6) is 0 Å². The van der Waals surface area contributed by atoms with Crippen molar-refractivity contribution >= 4 is 37.5 Å². The fourth-order valence-electron chi connectivity index (χ4n) is 1.54. The molecule has 4 N–H and O–H groups in total. The second-order valence-electron chi connectivity index (χ2n) is 4.07. The van der Waals surface area contributed by atoms with E-state index in [-0.39, 0.29) is 10.6 Å². The number of hydrogen-bond donors (Lipinski definition) is 3. The standard InChI is InChI=1S/C12H10BrN3O4S/c13-8-6-7(21(14,19)20)4-5-9(8)16-12(18)10-2-1-3-11(17)15-10/h1-6H,(H,15,17)(H,16,18)(H2,14,19,20). The summed E-state index contributed by atoms with van der Waals surface area (Å²) in [7, 11) is -3.82. The average Bonchev–Trinajstić information content (AvgIpc) is 2.39. The predicted octanol–water partition coefficient (Wildman–Crippen LogP) is 1.04. The molecule has 0 aliphatic rings. The molecule has 0 bridgehead atoms. The predicted molar refractivity (Wildman–Crippen MR) is 80.5 cm³/mol. The fraction of sp³-hybridized carbons (Fsp3) is 0. The first-order chi connectivity index (χ1) is 9.77. The number of rotatable bonds is 3. The normalized spacial score (nSPS) is 11.1. The van der Waals surface area contributed by atoms with E-state index >= 15 is 0 Å². The first-order valence-corrected chi connectivity index (χ1v) is 7.94. The number of anilines is 1. The Bertz CT molecular complexity index is 861. The van der Waals surface area contributed by atoms with Crippen molar-refractivity contribution in [2.24, 2.45) is 5.14 Å². The Labute approximate surface area is 128 Å². The van der Waals surface area contributed by atoms with Crippen LogP contribution in [0.4, 0.5) is 5.69 Å². The number of aromatic nitrogens is 1. The highest BCUT2D eigenvalue weighted by Crippen LogP contribution is 2.25. The van der Waals surface area contributed by atoms with Gasteiger partial charge in [-0.1, -0.05) is 6.07 Å². The molecule has 0 saturated heterocycles. The Morgan fingerprint density at radius 2 is 1.95 bits per heavy atom. The third kappa shape index (κ3) is 3.78. The van der Waals surface area contributed by atoms with Crippen LogP contribution in [0.25, 0.3) is 0 Å². The molecule has 110 valence electrons. The van der Waals surface area contributed by atoms with E-state index in [9.17, 15) is 18.0 Å². The van der Waals surface area contributed by atoms with Crippen molar-refractivity contribution < 1.29 is 13.2 Å². The zero-order chi connectivity index (χ0) is 15.6. The third-order valence-corrected chi connectivity index (χ3v) is 4.10. The summed E-state index contributed by atoms with van der Waals surface area (Å²) in [5.74, 6) is -0.531. The summed E-state index contributed by atoms with van der Waals surface area (Å²) < 4.78 is 22.8. The molecule has 9 heteroatoms. The van der Waals surface area contributed by atoms with Crippen LogP contribution in [0.1, 0.15) is 10.5 Å². The summed E-state index contributed by atoms with van der Waals surface area (Å²) in [6.45, 7) is 0. The minimum atomic E-state index is -3.82. The molecule has 2 aromatic rings. The number of nitrogens with two attached hydrogens (primary N) is 1. The third-order valence-electron chi connectivity index (χ3n) is 2.53. The summed E-state index contributed by atoms with van der Waals surface area (Å²) in [6, 6.07) is 8.12. The van der Waals surface area contributed by atoms with Crippen LogP contribution in [-0.4, -0.2) is 19.3 Å². The van der Waals surface area contributed by atoms with Gasteiger partial charge in [-0.05, 0) is 40.2 Å². The fourth-order valence-corrected chi connectivity index (χ4v) is 2.71. The molecule has 2 rings (SSSR count). The Kier molecular flexibility index (Phi) is 4.26. The van der Waals surface area contributed by atoms with E-state index in [1.165, 1.54) is 36.4 Å². The first kappa shape index (κ1) is 15.4. The van der Waals surface area contributed by atoms with Crippen LogP contribution in [-0.2, 0) is 10.0 Å². The Balaban J connectivity index is 2.28. The lowest BCUT2D eigenvalue weighted by atomic mass is 10.3. The van der Waals surface area contributed by atoms with E-state index in [1.807, 2.05) is 0 Å². The molecular weight excluding hydrogens is 362 g/mol. The summed E-state index contributed by atoms with van der Waals surface area (Å²) in [5, 5.41) is 7.55. The van der Waals surface area contributed by atoms with Crippen molar-refractivity contribution in [3.63, 3.8) is 0 Å². The van der Waals surface area contributed by atoms with Crippen molar-refractivity contribution in [3.8, 4) is 0 Å². The number of pyridine rings is 1. The summed E-state index contributed by atoms with van der Waals surface area (Å²) in [6.07, 6.45) is 0. The Morgan fingerprint density at radius 1 is 1.24 bits per heavy atom. The lowest BCUT2D eigenvalue weighted by Gasteiger charge is -2.08. The van der Waals surface area contributed by atoms with E-state index in [1.54, 1.807) is 0 Å². The maximum absolute atomic E-state index is 12.0. The molecule has 0 radical (unpaired) electrons. The number of amides is 1. The summed E-state index contributed by atoms with van der Waals surface area (Å²) in [5.41, 5.74) is 0.0355. The van der Waals surface area contributed by atoms with Gasteiger partial charge in [-0.2, -0.15) is 0 Å². The van der Waals surface area contributed by atoms with Gasteiger partial charge in [-0.25, -0.2) is 13.6 Å². The van der Waals surface area contributed by atoms with Crippen molar-refractivity contribution in [2.75, 3.05) is 5.32 Å². The minimum absolute atomic E-state index is 0.0829. The maximum atomic E-state index is 12.0. The second kappa shape index (κ2) is 5.80. The van der Waals surface area contributed by atoms with Gasteiger partial charge in [0.05, 0.1) is 10.6 Å². The van der Waals surface area contributed by atoms with Crippen LogP contribution in [0, 0.1) is 0 Å². The molecule has 7 nitrogen and oxygen atoms in total. The van der Waals surface area contributed by atoms with Crippen LogP contribution < -0.4 is 16.0 Å². The molecular formula is C12H10BrN3O4S. The number of sulfonamides is 1. The van der Waals surface area contributed by atoms with Crippen molar-refractivity contribution in [1.29, 1.82) is 0 Å². The molecule has 21 heavy (non-hydrogen) atoms. The zero-order valence-electron chi connectivity index (χ0n) is 10.5. The number of benzene rings is 1. The molecule has 1 amide bonds. The Morgan fingerprint density at radius 3 is 2.52 bits per heavy atom. The van der Waals surface area contributed by atoms with Gasteiger partial charge in [0.1, 0.15) is 5.69 Å². The smallest absolute Gasteiger partial charge is 0.272 e. The monoisotopic (exact) mass is 371 g/mol. The van der Waals surface area contributed by atoms with Gasteiger partial charge in [0.2, 0.25) is 15.6 Å². The van der Waals surface area contributed by atoms with Crippen molar-refractivity contribution in [2.45, 2.75) is 4.90 Å². The molecule has 0 atom stereocenters. The van der Waals surface area contributed by atoms with Gasteiger partial charge in [0.25, 0.3) is 5.91 Å². The number of nitrogens with one attached hydrogen (secondary N) is 2. The zero-order valence-corrected chi connectivity index (χ0v) is 12.9. The summed E-state index contributed by atoms with van der Waals surface area (Å²) >= 11 is 3.15. The highest BCUT2D eigenvalue weighted by Gasteiger charge is 2.13. The van der Waals surface area contributed by atoms with E-state index in [0.717, 1.165) is 0 Å². The van der Waals surface area contributed by atoms with E-state index in [2.05, 4.69) is 26.2 Å². The number of primary sulfonamides is 1. The van der Waals surface area contributed by atoms with Crippen molar-refractivity contribution in [1.82, 2.24) is 4.98 Å². The number of halogens is 1. The SMILES string of the molecule is NS(=O)(=O)c1ccc(NC(=O)c2cccc(=O)[nH]2)c(Br)c1. The van der Waals surface area contributed by atoms with E-state index in [0.29, 0.717) is 10.2 Å². The molecule has 0 aliphatic heterocycles. The van der Waals surface area contributed by atoms with Gasteiger partial charge in [0, 0.05) is 10.5 Å². The number of carbonyl (C=O) groups excluding carboxylic acids is 1. The highest BCUT2D eigenvalue weighted by atomic mass is 79.9. The quantitative estimate of drug-likeness (QED) is 0.745.